The minimum absolute atomic E-state index is 0.104. The predicted octanol–water partition coefficient (Wildman–Crippen LogP) is 5.07. The lowest BCUT2D eigenvalue weighted by Crippen LogP contribution is -2.39. The maximum absolute atomic E-state index is 13.8. The van der Waals surface area contributed by atoms with Crippen LogP contribution in [0, 0.1) is 20.8 Å². The Bertz CT molecular complexity index is 1390. The van der Waals surface area contributed by atoms with Crippen LogP contribution in [-0.2, 0) is 14.8 Å². The number of carbonyl (C=O) groups is 2. The van der Waals surface area contributed by atoms with E-state index in [1.165, 1.54) is 0 Å². The van der Waals surface area contributed by atoms with Gasteiger partial charge in [0.05, 0.1) is 21.8 Å². The molecule has 1 N–H and O–H groups in total. The Morgan fingerprint density at radius 2 is 1.51 bits per heavy atom. The molecule has 0 aliphatic carbocycles. The predicted molar refractivity (Wildman–Crippen MR) is 146 cm³/mol. The average Bonchev–Trinajstić information content (AvgIpc) is 2.89. The molecule has 8 heteroatoms. The number of carbonyl (C=O) groups excluding carboxylic acids is 2. The maximum Gasteiger partial charge on any atom is 0.264 e. The lowest BCUT2D eigenvalue weighted by atomic mass is 10.1. The zero-order valence-corrected chi connectivity index (χ0v) is 22.3. The van der Waals surface area contributed by atoms with Crippen LogP contribution < -0.4 is 9.62 Å². The molecular formula is C29H33N3O4S. The van der Waals surface area contributed by atoms with Crippen molar-refractivity contribution < 1.29 is 18.0 Å². The first-order valence-electron chi connectivity index (χ1n) is 12.5. The Balaban J connectivity index is 1.65. The summed E-state index contributed by atoms with van der Waals surface area (Å²) in [5.41, 5.74) is 3.75. The number of aryl methyl sites for hydroxylation is 3. The van der Waals surface area contributed by atoms with Crippen molar-refractivity contribution in [3.8, 4) is 0 Å². The van der Waals surface area contributed by atoms with Crippen molar-refractivity contribution in [2.24, 2.45) is 0 Å². The average molecular weight is 520 g/mol. The van der Waals surface area contributed by atoms with Gasteiger partial charge in [0, 0.05) is 13.1 Å². The van der Waals surface area contributed by atoms with Gasteiger partial charge in [0.1, 0.15) is 6.54 Å². The van der Waals surface area contributed by atoms with Gasteiger partial charge in [-0.25, -0.2) is 8.42 Å². The fourth-order valence-corrected chi connectivity index (χ4v) is 5.97. The summed E-state index contributed by atoms with van der Waals surface area (Å²) in [6.07, 6.45) is 3.02. The fraction of sp³-hybridized carbons (Fsp3) is 0.310. The zero-order valence-electron chi connectivity index (χ0n) is 21.5. The highest BCUT2D eigenvalue weighted by Crippen LogP contribution is 2.28. The van der Waals surface area contributed by atoms with Crippen molar-refractivity contribution in [1.82, 2.24) is 4.90 Å². The molecule has 0 saturated carbocycles. The van der Waals surface area contributed by atoms with Gasteiger partial charge >= 0.3 is 0 Å². The second-order valence-corrected chi connectivity index (χ2v) is 11.4. The van der Waals surface area contributed by atoms with E-state index in [1.54, 1.807) is 59.5 Å². The summed E-state index contributed by atoms with van der Waals surface area (Å²) in [6, 6.07) is 18.9. The second kappa shape index (κ2) is 11.2. The van der Waals surface area contributed by atoms with Crippen molar-refractivity contribution in [1.29, 1.82) is 0 Å². The lowest BCUT2D eigenvalue weighted by molar-refractivity contribution is -0.114. The molecule has 0 bridgehead atoms. The van der Waals surface area contributed by atoms with Gasteiger partial charge in [-0.3, -0.25) is 13.9 Å². The van der Waals surface area contributed by atoms with Crippen LogP contribution in [0.5, 0.6) is 0 Å². The molecule has 1 aliphatic rings. The monoisotopic (exact) mass is 519 g/mol. The molecule has 2 amide bonds. The van der Waals surface area contributed by atoms with Crippen LogP contribution in [-0.4, -0.2) is 44.8 Å². The van der Waals surface area contributed by atoms with E-state index in [0.29, 0.717) is 30.0 Å². The van der Waals surface area contributed by atoms with Crippen LogP contribution >= 0.6 is 0 Å². The van der Waals surface area contributed by atoms with Crippen LogP contribution in [0.15, 0.2) is 71.6 Å². The second-order valence-electron chi connectivity index (χ2n) is 9.56. The number of nitrogens with one attached hydrogen (secondary N) is 1. The summed E-state index contributed by atoms with van der Waals surface area (Å²) in [6.45, 7) is 6.52. The highest BCUT2D eigenvalue weighted by atomic mass is 32.2. The van der Waals surface area contributed by atoms with Crippen LogP contribution in [0.25, 0.3) is 0 Å². The molecule has 1 aliphatic heterocycles. The Kier molecular flexibility index (Phi) is 7.97. The third-order valence-corrected chi connectivity index (χ3v) is 8.38. The summed E-state index contributed by atoms with van der Waals surface area (Å²) in [7, 11) is -4.04. The quantitative estimate of drug-likeness (QED) is 0.472. The normalized spacial score (nSPS) is 13.8. The van der Waals surface area contributed by atoms with Gasteiger partial charge in [-0.1, -0.05) is 42.0 Å². The van der Waals surface area contributed by atoms with E-state index in [0.717, 1.165) is 40.3 Å². The van der Waals surface area contributed by atoms with Gasteiger partial charge in [-0.15, -0.1) is 0 Å². The summed E-state index contributed by atoms with van der Waals surface area (Å²) < 4.78 is 28.7. The smallest absolute Gasteiger partial charge is 0.264 e. The lowest BCUT2D eigenvalue weighted by Gasteiger charge is -2.28. The molecule has 7 nitrogen and oxygen atoms in total. The molecule has 0 aromatic heterocycles. The molecule has 3 aromatic carbocycles. The molecule has 1 fully saturated rings. The number of amides is 2. The maximum atomic E-state index is 13.8. The molecule has 194 valence electrons. The standard InChI is InChI=1S/C29H33N3O4S/c1-21-12-15-24(16-13-21)37(35,36)32(27-19-22(2)11-14-23(27)3)20-28(33)30-26-10-6-5-9-25(26)29(34)31-17-7-4-8-18-31/h5-6,9-16,19H,4,7-8,17-18,20H2,1-3H3,(H,30,33). The van der Waals surface area contributed by atoms with E-state index in [4.69, 9.17) is 0 Å². The molecular weight excluding hydrogens is 486 g/mol. The van der Waals surface area contributed by atoms with E-state index in [2.05, 4.69) is 5.32 Å². The zero-order chi connectivity index (χ0) is 26.6. The highest BCUT2D eigenvalue weighted by Gasteiger charge is 2.29. The van der Waals surface area contributed by atoms with Gasteiger partial charge in [0.15, 0.2) is 0 Å². The van der Waals surface area contributed by atoms with E-state index in [9.17, 15) is 18.0 Å². The molecule has 1 heterocycles. The van der Waals surface area contributed by atoms with Gasteiger partial charge in [-0.2, -0.15) is 0 Å². The van der Waals surface area contributed by atoms with Gasteiger partial charge in [0.2, 0.25) is 5.91 Å². The number of hydrogen-bond donors (Lipinski definition) is 1. The van der Waals surface area contributed by atoms with Crippen LogP contribution in [0.2, 0.25) is 0 Å². The Hall–Kier alpha value is -3.65. The molecule has 4 rings (SSSR count). The van der Waals surface area contributed by atoms with E-state index < -0.39 is 22.5 Å². The number of anilines is 2. The number of hydrogen-bond acceptors (Lipinski definition) is 4. The van der Waals surface area contributed by atoms with Crippen molar-refractivity contribution in [2.45, 2.75) is 44.9 Å². The minimum atomic E-state index is -4.04. The molecule has 0 spiro atoms. The molecule has 0 unspecified atom stereocenters. The number of sulfonamides is 1. The molecule has 0 atom stereocenters. The van der Waals surface area contributed by atoms with Crippen LogP contribution in [0.4, 0.5) is 11.4 Å². The fourth-order valence-electron chi connectivity index (χ4n) is 4.49. The van der Waals surface area contributed by atoms with Gasteiger partial charge in [0.25, 0.3) is 15.9 Å². The van der Waals surface area contributed by atoms with Crippen molar-refractivity contribution in [2.75, 3.05) is 29.3 Å². The Labute approximate surface area is 219 Å². The largest absolute Gasteiger partial charge is 0.339 e. The SMILES string of the molecule is Cc1ccc(S(=O)(=O)N(CC(=O)Nc2ccccc2C(=O)N2CCCCC2)c2cc(C)ccc2C)cc1. The number of nitrogens with zero attached hydrogens (tertiary/aromatic N) is 2. The number of rotatable bonds is 7. The van der Waals surface area contributed by atoms with Crippen molar-refractivity contribution in [3.63, 3.8) is 0 Å². The first-order valence-corrected chi connectivity index (χ1v) is 14.0. The van der Waals surface area contributed by atoms with E-state index in [1.807, 2.05) is 32.9 Å². The van der Waals surface area contributed by atoms with Crippen molar-refractivity contribution >= 4 is 33.2 Å². The van der Waals surface area contributed by atoms with Gasteiger partial charge < -0.3 is 10.2 Å². The minimum Gasteiger partial charge on any atom is -0.339 e. The molecule has 37 heavy (non-hydrogen) atoms. The van der Waals surface area contributed by atoms with E-state index >= 15 is 0 Å². The van der Waals surface area contributed by atoms with Gasteiger partial charge in [-0.05, 0) is 81.5 Å². The summed E-state index contributed by atoms with van der Waals surface area (Å²) in [5, 5.41) is 2.80. The first kappa shape index (κ1) is 26.4. The third-order valence-electron chi connectivity index (χ3n) is 6.60. The first-order chi connectivity index (χ1) is 17.7. The number of piperidine rings is 1. The summed E-state index contributed by atoms with van der Waals surface area (Å²) >= 11 is 0. The highest BCUT2D eigenvalue weighted by molar-refractivity contribution is 7.92. The van der Waals surface area contributed by atoms with Crippen LogP contribution in [0.3, 0.4) is 0 Å². The Morgan fingerprint density at radius 3 is 2.22 bits per heavy atom. The Morgan fingerprint density at radius 1 is 0.865 bits per heavy atom. The summed E-state index contributed by atoms with van der Waals surface area (Å²) in [4.78, 5) is 28.4. The molecule has 3 aromatic rings. The number of likely N-dealkylation sites (tertiary alicyclic amines) is 1. The molecule has 1 saturated heterocycles. The summed E-state index contributed by atoms with van der Waals surface area (Å²) in [5.74, 6) is -0.662. The molecule has 0 radical (unpaired) electrons. The number of benzene rings is 3. The number of para-hydroxylation sites is 1. The van der Waals surface area contributed by atoms with E-state index in [-0.39, 0.29) is 10.8 Å². The van der Waals surface area contributed by atoms with Crippen molar-refractivity contribution in [3.05, 3.63) is 89.0 Å². The van der Waals surface area contributed by atoms with Crippen LogP contribution in [0.1, 0.15) is 46.3 Å². The third kappa shape index (κ3) is 6.02. The topological polar surface area (TPSA) is 86.8 Å².